The number of ether oxygens (including phenoxy) is 4. The van der Waals surface area contributed by atoms with Gasteiger partial charge in [-0.1, -0.05) is 36.4 Å². The Morgan fingerprint density at radius 3 is 1.97 bits per heavy atom. The number of hydrogen-bond acceptors (Lipinski definition) is 8. The van der Waals surface area contributed by atoms with E-state index >= 15 is 0 Å². The maximum atomic E-state index is 12.6. The van der Waals surface area contributed by atoms with Crippen LogP contribution in [0.25, 0.3) is 22.3 Å². The summed E-state index contributed by atoms with van der Waals surface area (Å²) in [6.45, 7) is 1.82. The number of epoxide rings is 2. The van der Waals surface area contributed by atoms with E-state index in [0.717, 1.165) is 33.5 Å². The van der Waals surface area contributed by atoms with Gasteiger partial charge in [-0.2, -0.15) is 0 Å². The van der Waals surface area contributed by atoms with Gasteiger partial charge >= 0.3 is 11.9 Å². The van der Waals surface area contributed by atoms with E-state index in [1.807, 2.05) is 42.5 Å². The Balaban J connectivity index is 1.34. The van der Waals surface area contributed by atoms with E-state index in [2.05, 4.69) is 6.07 Å². The number of carbonyl (C=O) groups is 2. The molecule has 2 aliphatic heterocycles. The number of hydrogen-bond donors (Lipinski definition) is 0. The fourth-order valence-electron chi connectivity index (χ4n) is 4.86. The van der Waals surface area contributed by atoms with Crippen molar-refractivity contribution in [1.29, 1.82) is 0 Å². The van der Waals surface area contributed by atoms with E-state index < -0.39 is 5.41 Å². The summed E-state index contributed by atoms with van der Waals surface area (Å²) >= 11 is 0. The molecule has 0 saturated carbocycles. The van der Waals surface area contributed by atoms with Crippen molar-refractivity contribution < 1.29 is 28.5 Å². The molecule has 2 unspecified atom stereocenters. The van der Waals surface area contributed by atoms with Crippen molar-refractivity contribution in [3.63, 3.8) is 0 Å². The van der Waals surface area contributed by atoms with E-state index in [1.165, 1.54) is 0 Å². The number of para-hydroxylation sites is 2. The topological polar surface area (TPSA) is 103 Å². The zero-order valence-electron chi connectivity index (χ0n) is 19.3. The highest BCUT2D eigenvalue weighted by Gasteiger charge is 2.46. The van der Waals surface area contributed by atoms with Crippen LogP contribution in [0.2, 0.25) is 0 Å². The SMILES string of the molecule is O=C(CCC1(CCC(=O)OCC2CO2)c2ccccc2-c2nc3ccccc3nc21)OCC1CO1. The zero-order valence-corrected chi connectivity index (χ0v) is 19.3. The average molecular weight is 475 g/mol. The third kappa shape index (κ3) is 4.51. The largest absolute Gasteiger partial charge is 0.463 e. The Kier molecular flexibility index (Phi) is 5.70. The van der Waals surface area contributed by atoms with Gasteiger partial charge < -0.3 is 18.9 Å². The molecule has 2 saturated heterocycles. The summed E-state index contributed by atoms with van der Waals surface area (Å²) in [6, 6.07) is 15.8. The summed E-state index contributed by atoms with van der Waals surface area (Å²) in [4.78, 5) is 35.2. The molecule has 8 nitrogen and oxygen atoms in total. The van der Waals surface area contributed by atoms with Gasteiger partial charge in [0, 0.05) is 23.8 Å². The van der Waals surface area contributed by atoms with Gasteiger partial charge in [-0.15, -0.1) is 0 Å². The van der Waals surface area contributed by atoms with Gasteiger partial charge in [0.25, 0.3) is 0 Å². The fourth-order valence-corrected chi connectivity index (χ4v) is 4.86. The number of rotatable bonds is 10. The quantitative estimate of drug-likeness (QED) is 0.326. The first-order valence-electron chi connectivity index (χ1n) is 12.0. The highest BCUT2D eigenvalue weighted by Crippen LogP contribution is 2.52. The maximum absolute atomic E-state index is 12.6. The first kappa shape index (κ1) is 22.1. The molecule has 0 spiro atoms. The predicted octanol–water partition coefficient (Wildman–Crippen LogP) is 3.34. The van der Waals surface area contributed by atoms with E-state index in [4.69, 9.17) is 28.9 Å². The average Bonchev–Trinajstić information content (AvgIpc) is 3.82. The molecule has 2 atom stereocenters. The third-order valence-corrected chi connectivity index (χ3v) is 6.90. The molecule has 1 aliphatic carbocycles. The van der Waals surface area contributed by atoms with Gasteiger partial charge in [0.2, 0.25) is 0 Å². The second-order valence-corrected chi connectivity index (χ2v) is 9.31. The Hall–Kier alpha value is -3.36. The molecule has 180 valence electrons. The molecule has 8 heteroatoms. The molecule has 1 aromatic heterocycles. The van der Waals surface area contributed by atoms with Gasteiger partial charge in [0.15, 0.2) is 0 Å². The van der Waals surface area contributed by atoms with Crippen LogP contribution >= 0.6 is 0 Å². The Labute approximate surface area is 202 Å². The number of aromatic nitrogens is 2. The lowest BCUT2D eigenvalue weighted by molar-refractivity contribution is -0.144. The third-order valence-electron chi connectivity index (χ3n) is 6.90. The van der Waals surface area contributed by atoms with Crippen molar-refractivity contribution in [2.45, 2.75) is 43.3 Å². The summed E-state index contributed by atoms with van der Waals surface area (Å²) < 4.78 is 21.1. The number of nitrogens with zero attached hydrogens (tertiary/aromatic N) is 2. The van der Waals surface area contributed by atoms with Crippen LogP contribution < -0.4 is 0 Å². The molecule has 3 heterocycles. The molecule has 0 N–H and O–H groups in total. The van der Waals surface area contributed by atoms with Crippen LogP contribution in [0.1, 0.15) is 36.9 Å². The van der Waals surface area contributed by atoms with Crippen LogP contribution in [0.4, 0.5) is 0 Å². The van der Waals surface area contributed by atoms with Gasteiger partial charge in [0.1, 0.15) is 25.4 Å². The number of fused-ring (bicyclic) bond motifs is 4. The number of benzene rings is 2. The summed E-state index contributed by atoms with van der Waals surface area (Å²) in [5.41, 5.74) is 4.55. The van der Waals surface area contributed by atoms with Gasteiger partial charge in [-0.25, -0.2) is 9.97 Å². The van der Waals surface area contributed by atoms with Gasteiger partial charge in [-0.3, -0.25) is 9.59 Å². The smallest absolute Gasteiger partial charge is 0.305 e. The second-order valence-electron chi connectivity index (χ2n) is 9.31. The molecule has 3 aromatic rings. The Morgan fingerprint density at radius 1 is 0.829 bits per heavy atom. The molecule has 6 rings (SSSR count). The molecule has 2 fully saturated rings. The first-order valence-corrected chi connectivity index (χ1v) is 12.0. The van der Waals surface area contributed by atoms with Crippen molar-refractivity contribution in [3.8, 4) is 11.3 Å². The lowest BCUT2D eigenvalue weighted by Gasteiger charge is -2.30. The van der Waals surface area contributed by atoms with Crippen LogP contribution in [0.5, 0.6) is 0 Å². The molecule has 35 heavy (non-hydrogen) atoms. The molecular formula is C27H26N2O6. The summed E-state index contributed by atoms with van der Waals surface area (Å²) in [7, 11) is 0. The Bertz CT molecular complexity index is 1250. The minimum absolute atomic E-state index is 0.0169. The maximum Gasteiger partial charge on any atom is 0.305 e. The normalized spacial score (nSPS) is 23.4. The minimum atomic E-state index is -0.660. The zero-order chi connectivity index (χ0) is 23.8. The first-order chi connectivity index (χ1) is 17.1. The molecule has 0 bridgehead atoms. The summed E-state index contributed by atoms with van der Waals surface area (Å²) in [5.74, 6) is -0.568. The molecular weight excluding hydrogens is 448 g/mol. The summed E-state index contributed by atoms with van der Waals surface area (Å²) in [6.07, 6.45) is 1.33. The van der Waals surface area contributed by atoms with Gasteiger partial charge in [0.05, 0.1) is 35.6 Å². The number of carbonyl (C=O) groups excluding carboxylic acids is 2. The van der Waals surface area contributed by atoms with E-state index in [-0.39, 0.29) is 50.2 Å². The second kappa shape index (κ2) is 9.02. The molecule has 0 amide bonds. The van der Waals surface area contributed by atoms with Crippen molar-refractivity contribution in [2.24, 2.45) is 0 Å². The lowest BCUT2D eigenvalue weighted by Crippen LogP contribution is -2.29. The summed E-state index contributed by atoms with van der Waals surface area (Å²) in [5, 5.41) is 0. The van der Waals surface area contributed by atoms with E-state index in [9.17, 15) is 9.59 Å². The van der Waals surface area contributed by atoms with Crippen molar-refractivity contribution in [3.05, 3.63) is 59.8 Å². The van der Waals surface area contributed by atoms with Crippen molar-refractivity contribution >= 4 is 23.0 Å². The minimum Gasteiger partial charge on any atom is -0.463 e. The Morgan fingerprint density at radius 2 is 1.37 bits per heavy atom. The van der Waals surface area contributed by atoms with Gasteiger partial charge in [-0.05, 0) is 30.5 Å². The van der Waals surface area contributed by atoms with E-state index in [1.54, 1.807) is 0 Å². The fraction of sp³-hybridized carbons (Fsp3) is 0.407. The standard InChI is InChI=1S/C27H26N2O6/c30-23(34-15-17-13-32-17)9-11-27(12-10-24(31)35-16-18-14-33-18)20-6-2-1-5-19(20)25-26(27)29-22-8-4-3-7-21(22)28-25/h1-8,17-18H,9-16H2. The van der Waals surface area contributed by atoms with Crippen LogP contribution in [-0.4, -0.2) is 60.5 Å². The molecule has 2 aromatic carbocycles. The molecule has 3 aliphatic rings. The van der Waals surface area contributed by atoms with Crippen LogP contribution in [-0.2, 0) is 34.0 Å². The van der Waals surface area contributed by atoms with Crippen LogP contribution in [0.15, 0.2) is 48.5 Å². The van der Waals surface area contributed by atoms with Crippen LogP contribution in [0, 0.1) is 0 Å². The van der Waals surface area contributed by atoms with Crippen LogP contribution in [0.3, 0.4) is 0 Å². The van der Waals surface area contributed by atoms with E-state index in [0.29, 0.717) is 26.1 Å². The molecule has 0 radical (unpaired) electrons. The predicted molar refractivity (Wildman–Crippen MR) is 126 cm³/mol. The monoisotopic (exact) mass is 474 g/mol. The highest BCUT2D eigenvalue weighted by molar-refractivity contribution is 5.84. The van der Waals surface area contributed by atoms with Crippen molar-refractivity contribution in [1.82, 2.24) is 9.97 Å². The number of esters is 2. The highest BCUT2D eigenvalue weighted by atomic mass is 16.6. The van der Waals surface area contributed by atoms with Crippen molar-refractivity contribution in [2.75, 3.05) is 26.4 Å². The lowest BCUT2D eigenvalue weighted by atomic mass is 9.73.